The average molecular weight is 233 g/mol. The number of nitriles is 1. The summed E-state index contributed by atoms with van der Waals surface area (Å²) in [7, 11) is 0. The van der Waals surface area contributed by atoms with E-state index in [1.165, 1.54) is 0 Å². The summed E-state index contributed by atoms with van der Waals surface area (Å²) < 4.78 is 0. The number of hydrogen-bond donors (Lipinski definition) is 1. The van der Waals surface area contributed by atoms with Crippen molar-refractivity contribution >= 4 is 5.91 Å². The van der Waals surface area contributed by atoms with Gasteiger partial charge in [-0.15, -0.1) is 0 Å². The molecule has 4 nitrogen and oxygen atoms in total. The summed E-state index contributed by atoms with van der Waals surface area (Å²) in [5, 5.41) is 12.2. The molecular weight excluding hydrogens is 214 g/mol. The Kier molecular flexibility index (Phi) is 3.80. The largest absolute Gasteiger partial charge is 0.326 e. The van der Waals surface area contributed by atoms with Gasteiger partial charge in [-0.3, -0.25) is 4.79 Å². The van der Waals surface area contributed by atoms with Crippen molar-refractivity contribution in [3.8, 4) is 6.07 Å². The minimum atomic E-state index is -0.206. The van der Waals surface area contributed by atoms with E-state index in [2.05, 4.69) is 30.5 Å². The predicted molar refractivity (Wildman–Crippen MR) is 65.1 cm³/mol. The maximum atomic E-state index is 11.9. The highest BCUT2D eigenvalue weighted by atomic mass is 16.2. The highest BCUT2D eigenvalue weighted by Gasteiger charge is 2.28. The van der Waals surface area contributed by atoms with Gasteiger partial charge in [-0.05, 0) is 25.2 Å². The standard InChI is InChI=1S/C13H19N3O/c1-10-4-5-11(7-10)15-9-13(17)16-6-2-3-12(16)8-14/h4-5,10-12,15H,2-3,6-7,9H2,1H3/t10-,11+,12-/m0/s1. The van der Waals surface area contributed by atoms with Crippen molar-refractivity contribution in [2.24, 2.45) is 5.92 Å². The van der Waals surface area contributed by atoms with Gasteiger partial charge in [0.1, 0.15) is 6.04 Å². The summed E-state index contributed by atoms with van der Waals surface area (Å²) in [5.41, 5.74) is 0. The molecule has 2 rings (SSSR count). The summed E-state index contributed by atoms with van der Waals surface area (Å²) >= 11 is 0. The molecule has 1 fully saturated rings. The molecule has 1 aliphatic heterocycles. The Morgan fingerprint density at radius 1 is 1.59 bits per heavy atom. The Hall–Kier alpha value is -1.34. The van der Waals surface area contributed by atoms with Gasteiger partial charge < -0.3 is 10.2 Å². The number of carbonyl (C=O) groups is 1. The van der Waals surface area contributed by atoms with E-state index in [-0.39, 0.29) is 11.9 Å². The molecule has 1 heterocycles. The molecule has 0 spiro atoms. The van der Waals surface area contributed by atoms with Gasteiger partial charge in [-0.25, -0.2) is 0 Å². The number of allylic oxidation sites excluding steroid dienone is 1. The maximum Gasteiger partial charge on any atom is 0.237 e. The van der Waals surface area contributed by atoms with E-state index in [9.17, 15) is 4.79 Å². The molecule has 0 aromatic carbocycles. The SMILES string of the molecule is C[C@H]1C=C[C@@H](NCC(=O)N2CCC[C@H]2C#N)C1. The lowest BCUT2D eigenvalue weighted by molar-refractivity contribution is -0.130. The van der Waals surface area contributed by atoms with Crippen LogP contribution in [0, 0.1) is 17.2 Å². The first-order valence-corrected chi connectivity index (χ1v) is 6.31. The van der Waals surface area contributed by atoms with Crippen molar-refractivity contribution in [2.75, 3.05) is 13.1 Å². The lowest BCUT2D eigenvalue weighted by atomic mass is 10.1. The third kappa shape index (κ3) is 2.86. The van der Waals surface area contributed by atoms with Crippen molar-refractivity contribution in [1.29, 1.82) is 5.26 Å². The van der Waals surface area contributed by atoms with Crippen LogP contribution in [0.15, 0.2) is 12.2 Å². The lowest BCUT2D eigenvalue weighted by Gasteiger charge is -2.21. The molecule has 1 amide bonds. The van der Waals surface area contributed by atoms with E-state index in [0.29, 0.717) is 18.5 Å². The van der Waals surface area contributed by atoms with E-state index in [0.717, 1.165) is 25.8 Å². The van der Waals surface area contributed by atoms with Crippen molar-refractivity contribution < 1.29 is 4.79 Å². The Bertz CT molecular complexity index is 358. The highest BCUT2D eigenvalue weighted by molar-refractivity contribution is 5.79. The number of rotatable bonds is 3. The molecule has 0 unspecified atom stereocenters. The van der Waals surface area contributed by atoms with Crippen LogP contribution in [0.1, 0.15) is 26.2 Å². The lowest BCUT2D eigenvalue weighted by Crippen LogP contribution is -2.42. The summed E-state index contributed by atoms with van der Waals surface area (Å²) in [5.74, 6) is 0.656. The molecule has 17 heavy (non-hydrogen) atoms. The normalized spacial score (nSPS) is 31.8. The topological polar surface area (TPSA) is 56.1 Å². The molecular formula is C13H19N3O. The van der Waals surface area contributed by atoms with Crippen LogP contribution in [0.25, 0.3) is 0 Å². The number of carbonyl (C=O) groups excluding carboxylic acids is 1. The van der Waals surface area contributed by atoms with E-state index in [4.69, 9.17) is 5.26 Å². The predicted octanol–water partition coefficient (Wildman–Crippen LogP) is 1.06. The van der Waals surface area contributed by atoms with Gasteiger partial charge in [0.25, 0.3) is 0 Å². The number of likely N-dealkylation sites (tertiary alicyclic amines) is 1. The second-order valence-electron chi connectivity index (χ2n) is 4.96. The van der Waals surface area contributed by atoms with Crippen LogP contribution in [0.4, 0.5) is 0 Å². The van der Waals surface area contributed by atoms with Crippen molar-refractivity contribution in [3.05, 3.63) is 12.2 Å². The molecule has 0 aromatic heterocycles. The quantitative estimate of drug-likeness (QED) is 0.741. The Labute approximate surface area is 102 Å². The van der Waals surface area contributed by atoms with Crippen LogP contribution in [0.5, 0.6) is 0 Å². The fourth-order valence-electron chi connectivity index (χ4n) is 2.55. The third-order valence-corrected chi connectivity index (χ3v) is 3.54. The van der Waals surface area contributed by atoms with E-state index >= 15 is 0 Å². The molecule has 3 atom stereocenters. The summed E-state index contributed by atoms with van der Waals surface area (Å²) in [4.78, 5) is 13.6. The van der Waals surface area contributed by atoms with Crippen molar-refractivity contribution in [3.63, 3.8) is 0 Å². The number of nitrogens with one attached hydrogen (secondary N) is 1. The van der Waals surface area contributed by atoms with Crippen LogP contribution in [-0.2, 0) is 4.79 Å². The van der Waals surface area contributed by atoms with Gasteiger partial charge in [-0.2, -0.15) is 5.26 Å². The van der Waals surface area contributed by atoms with Crippen LogP contribution in [0.2, 0.25) is 0 Å². The minimum absolute atomic E-state index is 0.0574. The van der Waals surface area contributed by atoms with Crippen LogP contribution in [-0.4, -0.2) is 36.0 Å². The molecule has 0 bridgehead atoms. The fraction of sp³-hybridized carbons (Fsp3) is 0.692. The zero-order valence-electron chi connectivity index (χ0n) is 10.2. The molecule has 4 heteroatoms. The summed E-state index contributed by atoms with van der Waals surface area (Å²) in [6, 6.07) is 2.30. The summed E-state index contributed by atoms with van der Waals surface area (Å²) in [6.45, 7) is 3.25. The number of amides is 1. The Balaban J connectivity index is 1.78. The van der Waals surface area contributed by atoms with Gasteiger partial charge in [0.15, 0.2) is 0 Å². The van der Waals surface area contributed by atoms with Gasteiger partial charge >= 0.3 is 0 Å². The Morgan fingerprint density at radius 3 is 3.06 bits per heavy atom. The monoisotopic (exact) mass is 233 g/mol. The van der Waals surface area contributed by atoms with Crippen LogP contribution < -0.4 is 5.32 Å². The van der Waals surface area contributed by atoms with Gasteiger partial charge in [0.05, 0.1) is 12.6 Å². The van der Waals surface area contributed by atoms with Gasteiger partial charge in [0.2, 0.25) is 5.91 Å². The minimum Gasteiger partial charge on any atom is -0.326 e. The summed E-state index contributed by atoms with van der Waals surface area (Å²) in [6.07, 6.45) is 7.14. The number of hydrogen-bond acceptors (Lipinski definition) is 3. The number of nitrogens with zero attached hydrogens (tertiary/aromatic N) is 2. The molecule has 0 saturated carbocycles. The zero-order valence-corrected chi connectivity index (χ0v) is 10.2. The fourth-order valence-corrected chi connectivity index (χ4v) is 2.55. The first-order valence-electron chi connectivity index (χ1n) is 6.31. The third-order valence-electron chi connectivity index (χ3n) is 3.54. The van der Waals surface area contributed by atoms with Gasteiger partial charge in [-0.1, -0.05) is 19.1 Å². The average Bonchev–Trinajstić information content (AvgIpc) is 2.94. The van der Waals surface area contributed by atoms with Crippen LogP contribution >= 0.6 is 0 Å². The Morgan fingerprint density at radius 2 is 2.41 bits per heavy atom. The molecule has 1 N–H and O–H groups in total. The molecule has 1 saturated heterocycles. The molecule has 2 aliphatic rings. The molecule has 0 aromatic rings. The first-order chi connectivity index (χ1) is 8.20. The smallest absolute Gasteiger partial charge is 0.237 e. The second-order valence-corrected chi connectivity index (χ2v) is 4.96. The maximum absolute atomic E-state index is 11.9. The first kappa shape index (κ1) is 12.1. The molecule has 1 aliphatic carbocycles. The van der Waals surface area contributed by atoms with Crippen LogP contribution in [0.3, 0.4) is 0 Å². The van der Waals surface area contributed by atoms with E-state index < -0.39 is 0 Å². The van der Waals surface area contributed by atoms with E-state index in [1.807, 2.05) is 0 Å². The van der Waals surface area contributed by atoms with E-state index in [1.54, 1.807) is 4.90 Å². The highest BCUT2D eigenvalue weighted by Crippen LogP contribution is 2.18. The second kappa shape index (κ2) is 5.33. The zero-order chi connectivity index (χ0) is 12.3. The van der Waals surface area contributed by atoms with Gasteiger partial charge in [0, 0.05) is 12.6 Å². The van der Waals surface area contributed by atoms with Crippen molar-refractivity contribution in [1.82, 2.24) is 10.2 Å². The molecule has 92 valence electrons. The molecule has 0 radical (unpaired) electrons. The van der Waals surface area contributed by atoms with Crippen molar-refractivity contribution in [2.45, 2.75) is 38.3 Å².